The van der Waals surface area contributed by atoms with E-state index in [2.05, 4.69) is 148 Å². The Morgan fingerprint density at radius 2 is 0.620 bits per heavy atom. The van der Waals surface area contributed by atoms with E-state index in [1.165, 1.54) is 186 Å². The molecule has 92 heavy (non-hydrogen) atoms. The zero-order valence-electron chi connectivity index (χ0n) is 60.2. The Labute approximate surface area is 568 Å². The minimum atomic E-state index is -4.65. The quantitative estimate of drug-likeness (QED) is 0.0195. The van der Waals surface area contributed by atoms with Gasteiger partial charge >= 0.3 is 11.9 Å². The van der Waals surface area contributed by atoms with Crippen LogP contribution in [-0.4, -0.2) is 70.0 Å². The first kappa shape index (κ1) is 88.2. The molecule has 0 fully saturated rings. The average Bonchev–Trinajstić information content (AvgIpc) is 2.23. The number of unbranched alkanes of at least 4 members (excludes halogenated alkanes) is 33. The summed E-state index contributed by atoms with van der Waals surface area (Å²) in [6.07, 6.45) is 104. The molecule has 0 spiro atoms. The van der Waals surface area contributed by atoms with E-state index in [4.69, 9.17) is 18.5 Å². The molecule has 0 bridgehead atoms. The van der Waals surface area contributed by atoms with Crippen LogP contribution >= 0.6 is 7.82 Å². The maximum Gasteiger partial charge on any atom is 0.306 e. The van der Waals surface area contributed by atoms with Gasteiger partial charge in [0.05, 0.1) is 27.7 Å². The third-order valence-electron chi connectivity index (χ3n) is 16.2. The molecule has 10 heteroatoms. The molecule has 528 valence electrons. The van der Waals surface area contributed by atoms with Crippen molar-refractivity contribution in [1.29, 1.82) is 0 Å². The minimum absolute atomic E-state index is 0.0348. The summed E-state index contributed by atoms with van der Waals surface area (Å²) in [5, 5.41) is 0. The molecule has 2 atom stereocenters. The maximum absolute atomic E-state index is 12.9. The second-order valence-corrected chi connectivity index (χ2v) is 27.7. The largest absolute Gasteiger partial charge is 0.756 e. The number of ether oxygens (including phenoxy) is 2. The Balaban J connectivity index is 4.03. The van der Waals surface area contributed by atoms with Gasteiger partial charge in [0.25, 0.3) is 7.82 Å². The molecule has 0 aliphatic heterocycles. The Morgan fingerprint density at radius 1 is 0.348 bits per heavy atom. The lowest BCUT2D eigenvalue weighted by atomic mass is 10.0. The molecule has 0 saturated heterocycles. The first-order valence-electron chi connectivity index (χ1n) is 37.9. The van der Waals surface area contributed by atoms with E-state index in [1.807, 2.05) is 21.1 Å². The second kappa shape index (κ2) is 71.4. The van der Waals surface area contributed by atoms with Gasteiger partial charge in [0.2, 0.25) is 0 Å². The van der Waals surface area contributed by atoms with Crippen LogP contribution in [0.3, 0.4) is 0 Å². The maximum atomic E-state index is 12.9. The van der Waals surface area contributed by atoms with Crippen molar-refractivity contribution in [3.05, 3.63) is 134 Å². The lowest BCUT2D eigenvalue weighted by Gasteiger charge is -2.28. The van der Waals surface area contributed by atoms with Crippen LogP contribution in [0.4, 0.5) is 0 Å². The highest BCUT2D eigenvalue weighted by molar-refractivity contribution is 7.45. The number of nitrogens with zero attached hydrogens (tertiary/aromatic N) is 1. The third kappa shape index (κ3) is 75.2. The van der Waals surface area contributed by atoms with E-state index in [0.29, 0.717) is 17.4 Å². The Morgan fingerprint density at radius 3 is 0.924 bits per heavy atom. The molecule has 0 heterocycles. The number of allylic oxidation sites excluding steroid dienone is 22. The third-order valence-corrected chi connectivity index (χ3v) is 17.1. The summed E-state index contributed by atoms with van der Waals surface area (Å²) in [6, 6.07) is 0. The van der Waals surface area contributed by atoms with E-state index in [9.17, 15) is 19.0 Å². The van der Waals surface area contributed by atoms with Crippen LogP contribution in [-0.2, 0) is 32.7 Å². The highest BCUT2D eigenvalue weighted by Gasteiger charge is 2.22. The number of phosphoric acid groups is 1. The Hall–Kier alpha value is -3.85. The fraction of sp³-hybridized carbons (Fsp3) is 0.707. The average molecular weight is 1300 g/mol. The number of likely N-dealkylation sites (N-methyl/N-ethyl adjacent to an activating group) is 1. The van der Waals surface area contributed by atoms with Crippen molar-refractivity contribution in [3.8, 4) is 0 Å². The number of rotatable bonds is 69. The number of phosphoric ester groups is 1. The van der Waals surface area contributed by atoms with Gasteiger partial charge in [-0.3, -0.25) is 14.2 Å². The topological polar surface area (TPSA) is 111 Å². The first-order chi connectivity index (χ1) is 45.0. The van der Waals surface area contributed by atoms with Gasteiger partial charge in [-0.15, -0.1) is 0 Å². The van der Waals surface area contributed by atoms with Gasteiger partial charge in [0.1, 0.15) is 19.8 Å². The number of carbonyl (C=O) groups is 2. The molecule has 0 N–H and O–H groups in total. The fourth-order valence-corrected chi connectivity index (χ4v) is 11.1. The van der Waals surface area contributed by atoms with Crippen LogP contribution < -0.4 is 4.89 Å². The molecule has 0 aromatic carbocycles. The van der Waals surface area contributed by atoms with Crippen LogP contribution in [0.2, 0.25) is 0 Å². The van der Waals surface area contributed by atoms with Gasteiger partial charge in [0, 0.05) is 12.8 Å². The highest BCUT2D eigenvalue weighted by atomic mass is 31.2. The number of quaternary nitrogens is 1. The molecule has 0 amide bonds. The number of hydrogen-bond donors (Lipinski definition) is 0. The summed E-state index contributed by atoms with van der Waals surface area (Å²) in [5.74, 6) is -0.830. The molecule has 0 aromatic rings. The van der Waals surface area contributed by atoms with Gasteiger partial charge in [-0.2, -0.15) is 0 Å². The first-order valence-corrected chi connectivity index (χ1v) is 39.4. The van der Waals surface area contributed by atoms with E-state index in [0.717, 1.165) is 103 Å². The molecule has 0 saturated carbocycles. The van der Waals surface area contributed by atoms with Crippen LogP contribution in [0.5, 0.6) is 0 Å². The smallest absolute Gasteiger partial charge is 0.306 e. The zero-order chi connectivity index (χ0) is 66.9. The lowest BCUT2D eigenvalue weighted by molar-refractivity contribution is -0.870. The van der Waals surface area contributed by atoms with E-state index < -0.39 is 26.5 Å². The van der Waals surface area contributed by atoms with Gasteiger partial charge in [-0.1, -0.05) is 327 Å². The van der Waals surface area contributed by atoms with Gasteiger partial charge < -0.3 is 27.9 Å². The summed E-state index contributed by atoms with van der Waals surface area (Å²) in [7, 11) is 1.16. The van der Waals surface area contributed by atoms with E-state index in [-0.39, 0.29) is 32.0 Å². The van der Waals surface area contributed by atoms with Crippen molar-refractivity contribution in [3.63, 3.8) is 0 Å². The van der Waals surface area contributed by atoms with Gasteiger partial charge in [0.15, 0.2) is 6.10 Å². The zero-order valence-corrected chi connectivity index (χ0v) is 61.1. The molecule has 0 aliphatic carbocycles. The summed E-state index contributed by atoms with van der Waals surface area (Å²) < 4.78 is 34.4. The molecule has 0 aromatic heterocycles. The van der Waals surface area contributed by atoms with Crippen LogP contribution in [0.25, 0.3) is 0 Å². The molecule has 0 aliphatic rings. The second-order valence-electron chi connectivity index (χ2n) is 26.3. The van der Waals surface area contributed by atoms with Gasteiger partial charge in [-0.05, 0) is 116 Å². The standard InChI is InChI=1S/C82H142NO8P/c1-6-8-10-12-14-16-18-20-22-24-26-28-30-32-34-35-36-37-38-39-40-41-42-43-44-45-46-47-49-51-53-55-57-59-61-63-65-67-69-71-73-75-82(85)91-80(79-90-92(86,87)89-77-76-83(3,4)5)78-88-81(84)74-72-70-68-66-64-62-60-58-56-54-52-50-48-33-31-29-27-25-23-21-19-17-15-13-11-9-7-2/h8,10,14,16,19-22,25-28,32,34,36-37,39-40,42-43,45-46,80H,6-7,9,11-13,15,17-18,23-24,29-31,33,35,38,41,44,47-79H2,1-5H3/b10-8-,16-14-,21-19-,22-20-,27-25-,28-26-,34-32-,37-36-,40-39-,43-42-,46-45-. The summed E-state index contributed by atoms with van der Waals surface area (Å²) in [5.41, 5.74) is 0. The Kier molecular flexibility index (Phi) is 68.5. The monoisotopic (exact) mass is 1300 g/mol. The van der Waals surface area contributed by atoms with Crippen LogP contribution in [0.1, 0.15) is 322 Å². The molecular weight excluding hydrogens is 1160 g/mol. The summed E-state index contributed by atoms with van der Waals surface area (Å²) >= 11 is 0. The predicted octanol–water partition coefficient (Wildman–Crippen LogP) is 24.5. The van der Waals surface area contributed by atoms with Crippen LogP contribution in [0.15, 0.2) is 134 Å². The highest BCUT2D eigenvalue weighted by Crippen LogP contribution is 2.38. The van der Waals surface area contributed by atoms with Crippen molar-refractivity contribution < 1.29 is 42.1 Å². The van der Waals surface area contributed by atoms with Crippen molar-refractivity contribution in [1.82, 2.24) is 0 Å². The molecular formula is C82H142NO8P. The minimum Gasteiger partial charge on any atom is -0.756 e. The van der Waals surface area contributed by atoms with Crippen LogP contribution in [0, 0.1) is 0 Å². The number of carbonyl (C=O) groups excluding carboxylic acids is 2. The van der Waals surface area contributed by atoms with Gasteiger partial charge in [-0.25, -0.2) is 0 Å². The van der Waals surface area contributed by atoms with Crippen molar-refractivity contribution in [2.45, 2.75) is 328 Å². The molecule has 9 nitrogen and oxygen atoms in total. The van der Waals surface area contributed by atoms with E-state index in [1.54, 1.807) is 0 Å². The normalized spacial score (nSPS) is 13.8. The van der Waals surface area contributed by atoms with Crippen molar-refractivity contribution >= 4 is 19.8 Å². The Bertz CT molecular complexity index is 2020. The SMILES string of the molecule is CC/C=C\C/C=C\C/C=C\C/C=C\C/C=C\C/C=C\C/C=C\C/C=C\C/C=C\CCCCCCCCCCCCCCCC(=O)OC(COC(=O)CCCCCCCCCCCCCCCCC/C=C\C/C=C\CCCCCCC)COP(=O)([O-])OCC[N+](C)(C)C. The van der Waals surface area contributed by atoms with Crippen molar-refractivity contribution in [2.24, 2.45) is 0 Å². The predicted molar refractivity (Wildman–Crippen MR) is 397 cm³/mol. The lowest BCUT2D eigenvalue weighted by Crippen LogP contribution is -2.37. The molecule has 0 radical (unpaired) electrons. The molecule has 2 unspecified atom stereocenters. The number of esters is 2. The molecule has 0 rings (SSSR count). The fourth-order valence-electron chi connectivity index (χ4n) is 10.4. The van der Waals surface area contributed by atoms with E-state index >= 15 is 0 Å². The summed E-state index contributed by atoms with van der Waals surface area (Å²) in [4.78, 5) is 38.1. The number of hydrogen-bond acceptors (Lipinski definition) is 8. The summed E-state index contributed by atoms with van der Waals surface area (Å²) in [6.45, 7) is 4.14. The van der Waals surface area contributed by atoms with Crippen molar-refractivity contribution in [2.75, 3.05) is 47.5 Å².